The Kier molecular flexibility index (Phi) is 33.5. The third kappa shape index (κ3) is 22.8. The molecule has 0 saturated carbocycles. The summed E-state index contributed by atoms with van der Waals surface area (Å²) in [7, 11) is 0. The average Bonchev–Trinajstić information content (AvgIpc) is 1.58. The summed E-state index contributed by atoms with van der Waals surface area (Å²) in [4.78, 5) is 50.9. The lowest BCUT2D eigenvalue weighted by atomic mass is 9.80. The first kappa shape index (κ1) is 106. The van der Waals surface area contributed by atoms with Crippen molar-refractivity contribution < 1.29 is 8.78 Å². The Labute approximate surface area is 923 Å². The van der Waals surface area contributed by atoms with E-state index in [4.69, 9.17) is 133 Å². The summed E-state index contributed by atoms with van der Waals surface area (Å²) in [6, 6.07) is 127. The second-order valence-electron chi connectivity index (χ2n) is 35.4. The van der Waals surface area contributed by atoms with Crippen LogP contribution in [0.3, 0.4) is 0 Å². The van der Waals surface area contributed by atoms with Crippen LogP contribution >= 0.6 is 157 Å². The van der Waals surface area contributed by atoms with E-state index in [-0.39, 0.29) is 35.8 Å². The highest BCUT2D eigenvalue weighted by Crippen LogP contribution is 2.51. The number of halogens is 14. The molecule has 732 valence electrons. The monoisotopic (exact) mass is 2340 g/mol. The lowest BCUT2D eigenvalue weighted by Crippen LogP contribution is -2.47. The standard InChI is InChI=1S/C30H23Br2Cl2N3.C30H25Br2N3.C30H23Cl4N3.C30H23Cl2F2N3/c1-19(35-27-15-7-23(31)8-16-27)30(22-5-13-26(34)14-6-22)20(2)37(28-17-9-24(32)10-18-28)29(36-30)21-3-11-25(33)12-4-21;1-21(33-27-17-13-25(31)14-18-27)30(24-11-7-4-8-12-24)22(2)35(28-19-15-26(32)16-20-28)29(34-30)23-9-5-3-6-10-23;1-19(35-27-15-11-25(33)12-16-27)30(22-5-9-24(32)10-6-22)20(2)37(28-17-13-26(34)14-18-28)29(36-30)21-3-7-23(31)8-4-21;1-19(35-27-15-7-23(31)8-16-27)30(22-5-13-26(34)14-6-22)20(2)37(28-17-9-24(32)10-18-28)29(36-30)21-3-11-25(33)12-4-21/h3-18,20H,1-2H3;3-20,22H,1-2H3;2*3-18,20H,1-2H3. The van der Waals surface area contributed by atoms with E-state index in [1.807, 2.05) is 269 Å². The first-order chi connectivity index (χ1) is 70.3. The molecule has 8 atom stereocenters. The van der Waals surface area contributed by atoms with Crippen molar-refractivity contribution in [2.75, 3.05) is 19.6 Å². The lowest BCUT2D eigenvalue weighted by Gasteiger charge is -2.36. The van der Waals surface area contributed by atoms with Crippen molar-refractivity contribution in [2.45, 2.75) is 102 Å². The maximum absolute atomic E-state index is 14.0. The summed E-state index contributed by atoms with van der Waals surface area (Å²) >= 11 is 63.9. The van der Waals surface area contributed by atoms with Crippen LogP contribution in [0.2, 0.25) is 40.2 Å². The molecular weight excluding hydrogens is 2250 g/mol. The maximum Gasteiger partial charge on any atom is 0.146 e. The van der Waals surface area contributed by atoms with Gasteiger partial charge in [0.15, 0.2) is 0 Å². The zero-order valence-electron chi connectivity index (χ0n) is 80.1. The summed E-state index contributed by atoms with van der Waals surface area (Å²) < 4.78 is 32.0. The van der Waals surface area contributed by atoms with Crippen LogP contribution in [0.5, 0.6) is 0 Å². The second kappa shape index (κ2) is 46.3. The number of nitrogens with zero attached hydrogens (tertiary/aromatic N) is 12. The van der Waals surface area contributed by atoms with Crippen LogP contribution in [0.25, 0.3) is 0 Å². The van der Waals surface area contributed by atoms with E-state index in [1.165, 1.54) is 24.3 Å². The molecular formula is C120H94Br4Cl8F2N12. The first-order valence-corrected chi connectivity index (χ1v) is 53.0. The van der Waals surface area contributed by atoms with E-state index in [2.05, 4.69) is 210 Å². The van der Waals surface area contributed by atoms with Gasteiger partial charge in [-0.05, 0) is 381 Å². The van der Waals surface area contributed by atoms with Crippen molar-refractivity contribution in [3.63, 3.8) is 0 Å². The Hall–Kier alpha value is -11.8. The Morgan fingerprint density at radius 1 is 0.226 bits per heavy atom. The quantitative estimate of drug-likeness (QED) is 0.0708. The topological polar surface area (TPSA) is 112 Å². The average molecular weight is 2350 g/mol. The van der Waals surface area contributed by atoms with Gasteiger partial charge in [-0.3, -0.25) is 20.0 Å². The van der Waals surface area contributed by atoms with Crippen molar-refractivity contribution >= 4 is 248 Å². The van der Waals surface area contributed by atoms with E-state index in [0.29, 0.717) is 51.7 Å². The van der Waals surface area contributed by atoms with E-state index >= 15 is 0 Å². The largest absolute Gasteiger partial charge is 0.320 e. The summed E-state index contributed by atoms with van der Waals surface area (Å²) in [5.41, 5.74) is 15.1. The van der Waals surface area contributed by atoms with Crippen LogP contribution < -0.4 is 19.6 Å². The minimum absolute atomic E-state index is 0.0134. The van der Waals surface area contributed by atoms with Crippen LogP contribution in [0, 0.1) is 11.6 Å². The van der Waals surface area contributed by atoms with Crippen LogP contribution in [0.1, 0.15) is 99.9 Å². The SMILES string of the molecule is CC(=Nc1ccc(Br)cc1)C1(c2ccc(Cl)cc2)N=C(c2ccc(Cl)cc2)N(c2ccc(Br)cc2)C1C.CC(=Nc1ccc(Br)cc1)C1(c2ccccc2)N=C(c2ccccc2)N(c2ccc(Br)cc2)C1C.CC(=Nc1ccc(Cl)cc1)C1(c2ccc(Cl)cc2)N=C(c2ccc(Cl)cc2)N(c2ccc(Cl)cc2)C1C.CC(=Nc1ccc(Cl)cc1)C1(c2ccc(F)cc2)N=C(c2ccc(F)cc2)N(c2ccc(Cl)cc2)C1C. The summed E-state index contributed by atoms with van der Waals surface area (Å²) in [6.07, 6.45) is 0. The highest BCUT2D eigenvalue weighted by atomic mass is 79.9. The Morgan fingerprint density at radius 3 is 0.651 bits per heavy atom. The molecule has 16 aromatic rings. The Morgan fingerprint density at radius 2 is 0.397 bits per heavy atom. The highest BCUT2D eigenvalue weighted by molar-refractivity contribution is 9.11. The highest BCUT2D eigenvalue weighted by Gasteiger charge is 2.55. The molecule has 0 aromatic heterocycles. The van der Waals surface area contributed by atoms with Gasteiger partial charge in [0.05, 0.1) is 46.9 Å². The Balaban J connectivity index is 0.000000133. The number of hydrogen-bond acceptors (Lipinski definition) is 12. The predicted molar refractivity (Wildman–Crippen MR) is 626 cm³/mol. The molecule has 26 heteroatoms. The summed E-state index contributed by atoms with van der Waals surface area (Å²) in [5.74, 6) is 2.58. The lowest BCUT2D eigenvalue weighted by molar-refractivity contribution is 0.526. The zero-order chi connectivity index (χ0) is 103. The molecule has 0 radical (unpaired) electrons. The van der Waals surface area contributed by atoms with Gasteiger partial charge >= 0.3 is 0 Å². The molecule has 20 rings (SSSR count). The molecule has 12 nitrogen and oxygen atoms in total. The molecule has 0 amide bonds. The van der Waals surface area contributed by atoms with Gasteiger partial charge < -0.3 is 19.6 Å². The van der Waals surface area contributed by atoms with E-state index in [9.17, 15) is 8.78 Å². The fraction of sp³-hybridized carbons (Fsp3) is 0.133. The van der Waals surface area contributed by atoms with Crippen molar-refractivity contribution in [1.29, 1.82) is 0 Å². The molecule has 0 saturated heterocycles. The molecule has 4 heterocycles. The number of benzene rings is 16. The molecule has 0 spiro atoms. The van der Waals surface area contributed by atoms with Gasteiger partial charge in [0, 0.05) is 126 Å². The van der Waals surface area contributed by atoms with E-state index < -0.39 is 22.2 Å². The van der Waals surface area contributed by atoms with Gasteiger partial charge in [-0.25, -0.2) is 28.8 Å². The molecule has 0 bridgehead atoms. The smallest absolute Gasteiger partial charge is 0.146 e. The fourth-order valence-corrected chi connectivity index (χ4v) is 21.4. The maximum atomic E-state index is 14.0. The molecule has 0 aliphatic carbocycles. The van der Waals surface area contributed by atoms with E-state index in [1.54, 1.807) is 36.4 Å². The Bertz CT molecular complexity index is 7040. The molecule has 146 heavy (non-hydrogen) atoms. The normalized spacial score (nSPS) is 19.8. The molecule has 0 fully saturated rings. The van der Waals surface area contributed by atoms with Crippen molar-refractivity contribution in [3.05, 3.63) is 515 Å². The molecule has 16 aromatic carbocycles. The number of aliphatic imine (C=N–C) groups is 8. The van der Waals surface area contributed by atoms with Crippen molar-refractivity contribution in [1.82, 2.24) is 0 Å². The minimum Gasteiger partial charge on any atom is -0.320 e. The minimum atomic E-state index is -0.976. The summed E-state index contributed by atoms with van der Waals surface area (Å²) in [5, 5.41) is 5.25. The number of rotatable bonds is 20. The predicted octanol–water partition coefficient (Wildman–Crippen LogP) is 36.7. The molecule has 0 N–H and O–H groups in total. The van der Waals surface area contributed by atoms with Gasteiger partial charge in [-0.2, -0.15) is 0 Å². The zero-order valence-corrected chi connectivity index (χ0v) is 92.5. The fourth-order valence-electron chi connectivity index (χ4n) is 19.3. The molecule has 4 aliphatic heterocycles. The second-order valence-corrected chi connectivity index (χ2v) is 42.5. The third-order valence-electron chi connectivity index (χ3n) is 26.5. The van der Waals surface area contributed by atoms with Gasteiger partial charge in [-0.1, -0.05) is 254 Å². The summed E-state index contributed by atoms with van der Waals surface area (Å²) in [6.45, 7) is 16.8. The first-order valence-electron chi connectivity index (χ1n) is 46.8. The van der Waals surface area contributed by atoms with Crippen LogP contribution in [-0.4, -0.2) is 70.4 Å². The molecule has 8 unspecified atom stereocenters. The third-order valence-corrected chi connectivity index (χ3v) is 30.7. The van der Waals surface area contributed by atoms with Crippen LogP contribution in [0.4, 0.5) is 54.3 Å². The van der Waals surface area contributed by atoms with Gasteiger partial charge in [0.25, 0.3) is 0 Å². The van der Waals surface area contributed by atoms with Crippen molar-refractivity contribution in [3.8, 4) is 0 Å². The molecule has 4 aliphatic rings. The number of hydrogen-bond donors (Lipinski definition) is 0. The van der Waals surface area contributed by atoms with Crippen LogP contribution in [0.15, 0.2) is 458 Å². The van der Waals surface area contributed by atoms with Gasteiger partial charge in [0.1, 0.15) is 57.1 Å². The van der Waals surface area contributed by atoms with Crippen molar-refractivity contribution in [2.24, 2.45) is 39.9 Å². The number of amidine groups is 4. The number of anilines is 4. The van der Waals surface area contributed by atoms with E-state index in [0.717, 1.165) is 143 Å². The van der Waals surface area contributed by atoms with Gasteiger partial charge in [0.2, 0.25) is 0 Å². The van der Waals surface area contributed by atoms with Gasteiger partial charge in [-0.15, -0.1) is 0 Å². The van der Waals surface area contributed by atoms with Crippen LogP contribution in [-0.2, 0) is 22.2 Å².